The Morgan fingerprint density at radius 2 is 1.46 bits per heavy atom. The molecular weight excluding hydrogens is 336 g/mol. The van der Waals surface area contributed by atoms with Gasteiger partial charge in [-0.3, -0.25) is 0 Å². The van der Waals surface area contributed by atoms with Crippen LogP contribution in [0, 0.1) is 0 Å². The van der Waals surface area contributed by atoms with E-state index in [1.54, 1.807) is 42.5 Å². The predicted molar refractivity (Wildman–Crippen MR) is 98.3 cm³/mol. The van der Waals surface area contributed by atoms with Gasteiger partial charge in [0.25, 0.3) is 0 Å². The Balaban J connectivity index is 1.87. The first-order valence-corrected chi connectivity index (χ1v) is 7.79. The van der Waals surface area contributed by atoms with Gasteiger partial charge in [0, 0.05) is 6.08 Å². The van der Waals surface area contributed by atoms with Crippen LogP contribution < -0.4 is 9.47 Å². The minimum Gasteiger partial charge on any atom is -0.504 e. The SMILES string of the molecule is COc1cc(/C=C\COC(=O)/C=C/c2ccc(O)c(OC)c2)ccc1O. The molecule has 2 aromatic rings. The van der Waals surface area contributed by atoms with Gasteiger partial charge >= 0.3 is 5.97 Å². The van der Waals surface area contributed by atoms with Crippen LogP contribution in [-0.2, 0) is 9.53 Å². The highest BCUT2D eigenvalue weighted by Crippen LogP contribution is 2.27. The fraction of sp³-hybridized carbons (Fsp3) is 0.150. The number of methoxy groups -OCH3 is 2. The van der Waals surface area contributed by atoms with Crippen LogP contribution in [0.1, 0.15) is 11.1 Å². The molecule has 0 saturated carbocycles. The Hall–Kier alpha value is -3.41. The van der Waals surface area contributed by atoms with Gasteiger partial charge in [-0.15, -0.1) is 0 Å². The van der Waals surface area contributed by atoms with Crippen molar-refractivity contribution >= 4 is 18.1 Å². The highest BCUT2D eigenvalue weighted by Gasteiger charge is 2.02. The number of benzene rings is 2. The van der Waals surface area contributed by atoms with Crippen LogP contribution >= 0.6 is 0 Å². The van der Waals surface area contributed by atoms with E-state index in [1.807, 2.05) is 0 Å². The Kier molecular flexibility index (Phi) is 6.68. The second-order valence-corrected chi connectivity index (χ2v) is 5.23. The van der Waals surface area contributed by atoms with Crippen LogP contribution in [0.15, 0.2) is 48.6 Å². The van der Waals surface area contributed by atoms with Crippen molar-refractivity contribution in [3.63, 3.8) is 0 Å². The quantitative estimate of drug-likeness (QED) is 0.584. The lowest BCUT2D eigenvalue weighted by Crippen LogP contribution is -1.99. The molecule has 0 bridgehead atoms. The fourth-order valence-corrected chi connectivity index (χ4v) is 2.12. The van der Waals surface area contributed by atoms with Crippen molar-refractivity contribution in [2.45, 2.75) is 0 Å². The largest absolute Gasteiger partial charge is 0.504 e. The maximum Gasteiger partial charge on any atom is 0.331 e. The number of hydrogen-bond donors (Lipinski definition) is 2. The van der Waals surface area contributed by atoms with Gasteiger partial charge in [-0.05, 0) is 47.5 Å². The maximum atomic E-state index is 11.7. The zero-order chi connectivity index (χ0) is 18.9. The molecule has 2 N–H and O–H groups in total. The molecular formula is C20H20O6. The smallest absolute Gasteiger partial charge is 0.331 e. The first-order valence-electron chi connectivity index (χ1n) is 7.79. The topological polar surface area (TPSA) is 85.2 Å². The molecule has 0 amide bonds. The molecule has 0 saturated heterocycles. The molecule has 0 aliphatic heterocycles. The summed E-state index contributed by atoms with van der Waals surface area (Å²) in [6.07, 6.45) is 6.30. The van der Waals surface area contributed by atoms with Crippen molar-refractivity contribution in [2.24, 2.45) is 0 Å². The average molecular weight is 356 g/mol. The van der Waals surface area contributed by atoms with Crippen LogP contribution in [0.4, 0.5) is 0 Å². The van der Waals surface area contributed by atoms with Gasteiger partial charge in [-0.2, -0.15) is 0 Å². The van der Waals surface area contributed by atoms with Crippen LogP contribution in [-0.4, -0.2) is 37.0 Å². The van der Waals surface area contributed by atoms with Gasteiger partial charge in [0.15, 0.2) is 23.0 Å². The summed E-state index contributed by atoms with van der Waals surface area (Å²) in [7, 11) is 2.92. The number of aromatic hydroxyl groups is 2. The van der Waals surface area contributed by atoms with Gasteiger partial charge in [-0.1, -0.05) is 18.2 Å². The summed E-state index contributed by atoms with van der Waals surface area (Å²) in [5.41, 5.74) is 1.51. The van der Waals surface area contributed by atoms with E-state index in [1.165, 1.54) is 32.4 Å². The molecule has 6 nitrogen and oxygen atoms in total. The number of carbonyl (C=O) groups excluding carboxylic acids is 1. The fourth-order valence-electron chi connectivity index (χ4n) is 2.12. The molecule has 136 valence electrons. The second-order valence-electron chi connectivity index (χ2n) is 5.23. The van der Waals surface area contributed by atoms with Crippen molar-refractivity contribution in [1.82, 2.24) is 0 Å². The van der Waals surface area contributed by atoms with E-state index in [-0.39, 0.29) is 18.1 Å². The monoisotopic (exact) mass is 356 g/mol. The molecule has 26 heavy (non-hydrogen) atoms. The van der Waals surface area contributed by atoms with Gasteiger partial charge < -0.3 is 24.4 Å². The van der Waals surface area contributed by atoms with E-state index in [9.17, 15) is 15.0 Å². The normalized spacial score (nSPS) is 11.0. The standard InChI is InChI=1S/C20H20O6/c1-24-18-12-14(5-8-16(18)21)4-3-11-26-20(23)10-7-15-6-9-17(22)19(13-15)25-2/h3-10,12-13,21-22H,11H2,1-2H3/b4-3-,10-7+. The number of phenols is 2. The first-order chi connectivity index (χ1) is 12.5. The lowest BCUT2D eigenvalue weighted by atomic mass is 10.2. The third-order valence-electron chi connectivity index (χ3n) is 3.45. The molecule has 6 heteroatoms. The average Bonchev–Trinajstić information content (AvgIpc) is 2.65. The van der Waals surface area contributed by atoms with E-state index < -0.39 is 5.97 Å². The highest BCUT2D eigenvalue weighted by molar-refractivity contribution is 5.87. The molecule has 0 atom stereocenters. The summed E-state index contributed by atoms with van der Waals surface area (Å²) < 4.78 is 15.1. The summed E-state index contributed by atoms with van der Waals surface area (Å²) in [6, 6.07) is 9.66. The predicted octanol–water partition coefficient (Wildman–Crippen LogP) is 3.38. The summed E-state index contributed by atoms with van der Waals surface area (Å²) in [5.74, 6) is 0.296. The molecule has 0 aliphatic carbocycles. The molecule has 0 fully saturated rings. The zero-order valence-corrected chi connectivity index (χ0v) is 14.5. The number of hydrogen-bond acceptors (Lipinski definition) is 6. The third-order valence-corrected chi connectivity index (χ3v) is 3.45. The lowest BCUT2D eigenvalue weighted by Gasteiger charge is -2.04. The van der Waals surface area contributed by atoms with E-state index in [2.05, 4.69) is 0 Å². The van der Waals surface area contributed by atoms with Crippen LogP contribution in [0.3, 0.4) is 0 Å². The summed E-state index contributed by atoms with van der Waals surface area (Å²) >= 11 is 0. The zero-order valence-electron chi connectivity index (χ0n) is 14.5. The lowest BCUT2D eigenvalue weighted by molar-refractivity contribution is -0.136. The number of esters is 1. The van der Waals surface area contributed by atoms with E-state index in [4.69, 9.17) is 14.2 Å². The maximum absolute atomic E-state index is 11.7. The number of ether oxygens (including phenoxy) is 3. The van der Waals surface area contributed by atoms with Crippen molar-refractivity contribution in [1.29, 1.82) is 0 Å². The highest BCUT2D eigenvalue weighted by atomic mass is 16.5. The van der Waals surface area contributed by atoms with Crippen molar-refractivity contribution in [2.75, 3.05) is 20.8 Å². The van der Waals surface area contributed by atoms with Gasteiger partial charge in [0.2, 0.25) is 0 Å². The molecule has 2 rings (SSSR count). The Bertz CT molecular complexity index is 823. The Morgan fingerprint density at radius 1 is 0.923 bits per heavy atom. The summed E-state index contributed by atoms with van der Waals surface area (Å²) in [6.45, 7) is 0.102. The summed E-state index contributed by atoms with van der Waals surface area (Å²) in [5, 5.41) is 19.1. The van der Waals surface area contributed by atoms with Crippen LogP contribution in [0.5, 0.6) is 23.0 Å². The molecule has 0 aromatic heterocycles. The molecule has 0 radical (unpaired) electrons. The summed E-state index contributed by atoms with van der Waals surface area (Å²) in [4.78, 5) is 11.7. The van der Waals surface area contributed by atoms with Gasteiger partial charge in [-0.25, -0.2) is 4.79 Å². The molecule has 0 heterocycles. The van der Waals surface area contributed by atoms with Gasteiger partial charge in [0.1, 0.15) is 6.61 Å². The first kappa shape index (κ1) is 18.9. The number of rotatable bonds is 7. The van der Waals surface area contributed by atoms with Crippen LogP contribution in [0.25, 0.3) is 12.2 Å². The molecule has 0 unspecified atom stereocenters. The minimum absolute atomic E-state index is 0.0308. The minimum atomic E-state index is -0.495. The number of phenolic OH excluding ortho intramolecular Hbond substituents is 2. The van der Waals surface area contributed by atoms with Crippen LogP contribution in [0.2, 0.25) is 0 Å². The molecule has 0 spiro atoms. The van der Waals surface area contributed by atoms with Crippen molar-refractivity contribution < 1.29 is 29.2 Å². The molecule has 0 aliphatic rings. The third kappa shape index (κ3) is 5.31. The Morgan fingerprint density at radius 3 is 2.00 bits per heavy atom. The van der Waals surface area contributed by atoms with E-state index in [0.717, 1.165) is 5.56 Å². The van der Waals surface area contributed by atoms with Crippen molar-refractivity contribution in [3.05, 3.63) is 59.7 Å². The van der Waals surface area contributed by atoms with Crippen molar-refractivity contribution in [3.8, 4) is 23.0 Å². The second kappa shape index (κ2) is 9.17. The Labute approximate surface area is 151 Å². The van der Waals surface area contributed by atoms with Gasteiger partial charge in [0.05, 0.1) is 14.2 Å². The molecule has 2 aromatic carbocycles. The van der Waals surface area contributed by atoms with E-state index >= 15 is 0 Å². The van der Waals surface area contributed by atoms with E-state index in [0.29, 0.717) is 17.1 Å². The number of carbonyl (C=O) groups is 1.